The fourth-order valence-corrected chi connectivity index (χ4v) is 3.73. The molecular weight excluding hydrogens is 444 g/mol. The molecule has 0 atom stereocenters. The molecule has 2 heterocycles. The van der Waals surface area contributed by atoms with Gasteiger partial charge in [-0.05, 0) is 24.0 Å². The molecule has 33 heavy (non-hydrogen) atoms. The van der Waals surface area contributed by atoms with Crippen LogP contribution in [0.4, 0.5) is 11.5 Å². The predicted octanol–water partition coefficient (Wildman–Crippen LogP) is 3.12. The van der Waals surface area contributed by atoms with Crippen molar-refractivity contribution in [2.24, 2.45) is 5.92 Å². The van der Waals surface area contributed by atoms with Gasteiger partial charge in [0.25, 0.3) is 11.5 Å². The van der Waals surface area contributed by atoms with Gasteiger partial charge in [-0.25, -0.2) is 4.79 Å². The van der Waals surface area contributed by atoms with E-state index in [1.165, 1.54) is 15.7 Å². The van der Waals surface area contributed by atoms with Gasteiger partial charge < -0.3 is 10.6 Å². The number of aromatic nitrogens is 4. The lowest BCUT2D eigenvalue weighted by molar-refractivity contribution is 0.0986. The summed E-state index contributed by atoms with van der Waals surface area (Å²) in [5.74, 6) is -0.322. The van der Waals surface area contributed by atoms with Gasteiger partial charge >= 0.3 is 5.69 Å². The molecule has 0 fully saturated rings. The lowest BCUT2D eigenvalue weighted by atomic mass is 10.2. The Balaban J connectivity index is 1.98. The summed E-state index contributed by atoms with van der Waals surface area (Å²) in [6.07, 6.45) is 4.52. The molecule has 3 rings (SSSR count). The molecule has 0 unspecified atom stereocenters. The molecule has 0 spiro atoms. The molecule has 0 aliphatic rings. The van der Waals surface area contributed by atoms with Gasteiger partial charge in [-0.2, -0.15) is 5.10 Å². The Morgan fingerprint density at radius 3 is 2.67 bits per heavy atom. The number of rotatable bonds is 9. The number of aromatic amines is 1. The van der Waals surface area contributed by atoms with Crippen LogP contribution in [-0.4, -0.2) is 31.8 Å². The number of carbonyl (C=O) groups excluding carboxylic acids is 1. The summed E-state index contributed by atoms with van der Waals surface area (Å²) >= 11 is 6.23. The molecular formula is C23H29ClN6O3. The van der Waals surface area contributed by atoms with Crippen LogP contribution in [0.5, 0.6) is 0 Å². The summed E-state index contributed by atoms with van der Waals surface area (Å²) in [7, 11) is 0. The summed E-state index contributed by atoms with van der Waals surface area (Å²) in [5, 5.41) is 4.89. The zero-order chi connectivity index (χ0) is 24.1. The topological polar surface area (TPSA) is 119 Å². The van der Waals surface area contributed by atoms with E-state index in [-0.39, 0.29) is 24.0 Å². The zero-order valence-corrected chi connectivity index (χ0v) is 19.8. The van der Waals surface area contributed by atoms with Crippen molar-refractivity contribution in [1.29, 1.82) is 0 Å². The van der Waals surface area contributed by atoms with Crippen molar-refractivity contribution in [2.75, 3.05) is 17.2 Å². The standard InChI is InChI=1S/C23H29ClN6O3/c1-4-5-10-29(19-20(25)30(12-15(2)3)23(33)27-21(19)31)22(32)17-11-26-28(14-17)13-16-8-6-7-9-18(16)24/h6-9,11,14-15H,4-5,10,12-13,25H2,1-3H3,(H,27,31,33). The largest absolute Gasteiger partial charge is 0.383 e. The average Bonchev–Trinajstić information content (AvgIpc) is 3.23. The second kappa shape index (κ2) is 10.5. The molecule has 0 bridgehead atoms. The summed E-state index contributed by atoms with van der Waals surface area (Å²) in [5.41, 5.74) is 6.13. The van der Waals surface area contributed by atoms with Crippen LogP contribution < -0.4 is 21.9 Å². The first-order valence-electron chi connectivity index (χ1n) is 10.9. The van der Waals surface area contributed by atoms with Crippen molar-refractivity contribution in [3.05, 3.63) is 73.6 Å². The normalized spacial score (nSPS) is 11.2. The smallest absolute Gasteiger partial charge is 0.330 e. The molecule has 1 aromatic carbocycles. The third-order valence-corrected chi connectivity index (χ3v) is 5.55. The Morgan fingerprint density at radius 2 is 2.00 bits per heavy atom. The van der Waals surface area contributed by atoms with Gasteiger partial charge in [-0.3, -0.25) is 23.8 Å². The predicted molar refractivity (Wildman–Crippen MR) is 130 cm³/mol. The maximum atomic E-state index is 13.5. The van der Waals surface area contributed by atoms with Crippen molar-refractivity contribution in [3.8, 4) is 0 Å². The number of nitrogens with two attached hydrogens (primary N) is 1. The highest BCUT2D eigenvalue weighted by Gasteiger charge is 2.26. The van der Waals surface area contributed by atoms with Crippen molar-refractivity contribution >= 4 is 29.0 Å². The maximum Gasteiger partial charge on any atom is 0.330 e. The summed E-state index contributed by atoms with van der Waals surface area (Å²) < 4.78 is 2.91. The average molecular weight is 473 g/mol. The molecule has 0 saturated heterocycles. The first-order chi connectivity index (χ1) is 15.7. The van der Waals surface area contributed by atoms with Gasteiger partial charge in [0.05, 0.1) is 18.3 Å². The van der Waals surface area contributed by atoms with Crippen LogP contribution in [0.25, 0.3) is 0 Å². The number of nitrogens with zero attached hydrogens (tertiary/aromatic N) is 4. The SMILES string of the molecule is CCCCN(C(=O)c1cnn(Cc2ccccc2Cl)c1)c1c(N)n(CC(C)C)c(=O)[nH]c1=O. The van der Waals surface area contributed by atoms with Crippen LogP contribution in [-0.2, 0) is 13.1 Å². The number of halogens is 1. The number of hydrogen-bond donors (Lipinski definition) is 2. The highest BCUT2D eigenvalue weighted by atomic mass is 35.5. The molecule has 3 aromatic rings. The summed E-state index contributed by atoms with van der Waals surface area (Å²) in [4.78, 5) is 42.2. The van der Waals surface area contributed by atoms with Gasteiger partial charge in [-0.15, -0.1) is 0 Å². The number of amides is 1. The number of carbonyl (C=O) groups is 1. The monoisotopic (exact) mass is 472 g/mol. The van der Waals surface area contributed by atoms with E-state index in [0.29, 0.717) is 30.1 Å². The van der Waals surface area contributed by atoms with Crippen LogP contribution in [0.1, 0.15) is 49.5 Å². The molecule has 0 radical (unpaired) electrons. The van der Waals surface area contributed by atoms with Gasteiger partial charge in [-0.1, -0.05) is 57.0 Å². The van der Waals surface area contributed by atoms with E-state index >= 15 is 0 Å². The second-order valence-corrected chi connectivity index (χ2v) is 8.73. The Labute approximate surface area is 196 Å². The molecule has 0 saturated carbocycles. The fourth-order valence-electron chi connectivity index (χ4n) is 3.53. The Kier molecular flexibility index (Phi) is 7.75. The van der Waals surface area contributed by atoms with E-state index in [2.05, 4.69) is 10.1 Å². The van der Waals surface area contributed by atoms with Gasteiger partial charge in [0.2, 0.25) is 0 Å². The Hall–Kier alpha value is -3.33. The molecule has 1 amide bonds. The molecule has 10 heteroatoms. The van der Waals surface area contributed by atoms with Crippen LogP contribution in [0.15, 0.2) is 46.2 Å². The minimum atomic E-state index is -0.689. The number of unbranched alkanes of at least 4 members (excludes halogenated alkanes) is 1. The van der Waals surface area contributed by atoms with E-state index in [0.717, 1.165) is 12.0 Å². The van der Waals surface area contributed by atoms with E-state index in [4.69, 9.17) is 17.3 Å². The zero-order valence-electron chi connectivity index (χ0n) is 19.0. The van der Waals surface area contributed by atoms with Crippen LogP contribution >= 0.6 is 11.6 Å². The minimum absolute atomic E-state index is 0.0208. The van der Waals surface area contributed by atoms with Crippen molar-refractivity contribution < 1.29 is 4.79 Å². The lowest BCUT2D eigenvalue weighted by Gasteiger charge is -2.24. The van der Waals surface area contributed by atoms with Crippen molar-refractivity contribution in [1.82, 2.24) is 19.3 Å². The number of nitrogens with one attached hydrogen (secondary N) is 1. The molecule has 176 valence electrons. The van der Waals surface area contributed by atoms with Gasteiger partial charge in [0.15, 0.2) is 5.69 Å². The van der Waals surface area contributed by atoms with Crippen LogP contribution in [0.3, 0.4) is 0 Å². The molecule has 3 N–H and O–H groups in total. The number of anilines is 2. The Bertz CT molecular complexity index is 1240. The quantitative estimate of drug-likeness (QED) is 0.496. The van der Waals surface area contributed by atoms with Crippen LogP contribution in [0, 0.1) is 5.92 Å². The van der Waals surface area contributed by atoms with Gasteiger partial charge in [0.1, 0.15) is 5.82 Å². The number of hydrogen-bond acceptors (Lipinski definition) is 5. The number of nitrogen functional groups attached to an aromatic ring is 1. The first-order valence-corrected chi connectivity index (χ1v) is 11.3. The lowest BCUT2D eigenvalue weighted by Crippen LogP contribution is -2.42. The molecule has 0 aliphatic heterocycles. The third kappa shape index (κ3) is 5.54. The van der Waals surface area contributed by atoms with E-state index < -0.39 is 17.2 Å². The summed E-state index contributed by atoms with van der Waals surface area (Å²) in [6, 6.07) is 7.40. The number of benzene rings is 1. The van der Waals surface area contributed by atoms with Gasteiger partial charge in [0, 0.05) is 24.3 Å². The first kappa shape index (κ1) is 24.3. The second-order valence-electron chi connectivity index (χ2n) is 8.33. The highest BCUT2D eigenvalue weighted by molar-refractivity contribution is 6.31. The van der Waals surface area contributed by atoms with E-state index in [9.17, 15) is 14.4 Å². The van der Waals surface area contributed by atoms with E-state index in [1.807, 2.05) is 39.0 Å². The summed E-state index contributed by atoms with van der Waals surface area (Å²) in [6.45, 7) is 6.84. The van der Waals surface area contributed by atoms with E-state index in [1.54, 1.807) is 16.9 Å². The number of H-pyrrole nitrogens is 1. The molecule has 9 nitrogen and oxygen atoms in total. The highest BCUT2D eigenvalue weighted by Crippen LogP contribution is 2.21. The fraction of sp³-hybridized carbons (Fsp3) is 0.391. The molecule has 2 aromatic heterocycles. The minimum Gasteiger partial charge on any atom is -0.383 e. The Morgan fingerprint density at radius 1 is 1.27 bits per heavy atom. The third-order valence-electron chi connectivity index (χ3n) is 5.18. The maximum absolute atomic E-state index is 13.5. The van der Waals surface area contributed by atoms with Crippen molar-refractivity contribution in [3.63, 3.8) is 0 Å². The molecule has 0 aliphatic carbocycles. The van der Waals surface area contributed by atoms with Crippen molar-refractivity contribution in [2.45, 2.75) is 46.7 Å². The van der Waals surface area contributed by atoms with Crippen LogP contribution in [0.2, 0.25) is 5.02 Å².